The van der Waals surface area contributed by atoms with Gasteiger partial charge in [-0.15, -0.1) is 0 Å². The van der Waals surface area contributed by atoms with E-state index in [1.54, 1.807) is 0 Å². The molecule has 0 aromatic heterocycles. The lowest BCUT2D eigenvalue weighted by molar-refractivity contribution is 0.104. The second kappa shape index (κ2) is 4.06. The van der Waals surface area contributed by atoms with Crippen LogP contribution in [0.2, 0.25) is 0 Å². The Labute approximate surface area is 115 Å². The molecular formula is C18H22O. The molecule has 3 rings (SSSR count). The van der Waals surface area contributed by atoms with E-state index >= 15 is 0 Å². The van der Waals surface area contributed by atoms with E-state index in [4.69, 9.17) is 0 Å². The summed E-state index contributed by atoms with van der Waals surface area (Å²) in [5.74, 6) is 0.924. The lowest BCUT2D eigenvalue weighted by atomic mass is 9.69. The molecule has 1 aromatic carbocycles. The number of carbonyl (C=O) groups is 1. The minimum Gasteiger partial charge on any atom is -0.289 e. The lowest BCUT2D eigenvalue weighted by Crippen LogP contribution is -2.28. The molecule has 0 radical (unpaired) electrons. The number of rotatable bonds is 2. The van der Waals surface area contributed by atoms with Crippen molar-refractivity contribution < 1.29 is 4.79 Å². The van der Waals surface area contributed by atoms with Crippen molar-refractivity contribution in [1.29, 1.82) is 0 Å². The van der Waals surface area contributed by atoms with Crippen LogP contribution in [0.5, 0.6) is 0 Å². The van der Waals surface area contributed by atoms with Crippen LogP contribution in [-0.4, -0.2) is 5.78 Å². The van der Waals surface area contributed by atoms with Crippen LogP contribution in [0, 0.1) is 16.7 Å². The molecule has 2 fully saturated rings. The second-order valence-electron chi connectivity index (χ2n) is 6.89. The molecule has 2 aliphatic rings. The number of hydrogen-bond acceptors (Lipinski definition) is 1. The van der Waals surface area contributed by atoms with Crippen molar-refractivity contribution in [3.05, 3.63) is 47.5 Å². The Hall–Kier alpha value is -1.37. The van der Waals surface area contributed by atoms with Crippen molar-refractivity contribution in [2.45, 2.75) is 40.0 Å². The van der Waals surface area contributed by atoms with Gasteiger partial charge in [-0.05, 0) is 42.1 Å². The van der Waals surface area contributed by atoms with Crippen LogP contribution in [0.1, 0.15) is 50.4 Å². The van der Waals surface area contributed by atoms with Crippen molar-refractivity contribution >= 4 is 5.78 Å². The predicted octanol–water partition coefficient (Wildman–Crippen LogP) is 4.64. The highest BCUT2D eigenvalue weighted by Crippen LogP contribution is 2.67. The Kier molecular flexibility index (Phi) is 2.70. The summed E-state index contributed by atoms with van der Waals surface area (Å²) in [5, 5.41) is 0. The minimum absolute atomic E-state index is 0.167. The van der Waals surface area contributed by atoms with Gasteiger partial charge in [-0.2, -0.15) is 0 Å². The third kappa shape index (κ3) is 1.71. The highest BCUT2D eigenvalue weighted by Gasteiger charge is 2.58. The van der Waals surface area contributed by atoms with Crippen LogP contribution in [0.25, 0.3) is 0 Å². The molecule has 0 aliphatic heterocycles. The SMILES string of the molecule is CC12CCC(CC1=CC(=O)c1ccccc1)C2(C)C. The maximum Gasteiger partial charge on any atom is 0.185 e. The molecule has 0 spiro atoms. The number of benzene rings is 1. The number of carbonyl (C=O) groups excluding carboxylic acids is 1. The van der Waals surface area contributed by atoms with E-state index in [-0.39, 0.29) is 11.2 Å². The predicted molar refractivity (Wildman–Crippen MR) is 78.1 cm³/mol. The van der Waals surface area contributed by atoms with Crippen LogP contribution in [0.4, 0.5) is 0 Å². The van der Waals surface area contributed by atoms with Crippen LogP contribution in [0.3, 0.4) is 0 Å². The summed E-state index contributed by atoms with van der Waals surface area (Å²) in [5.41, 5.74) is 2.75. The van der Waals surface area contributed by atoms with Crippen LogP contribution >= 0.6 is 0 Å². The minimum atomic E-state index is 0.167. The van der Waals surface area contributed by atoms with Gasteiger partial charge in [-0.1, -0.05) is 56.7 Å². The third-order valence-electron chi connectivity index (χ3n) is 5.97. The largest absolute Gasteiger partial charge is 0.289 e. The van der Waals surface area contributed by atoms with E-state index in [1.165, 1.54) is 18.4 Å². The Bertz CT molecular complexity index is 538. The Balaban J connectivity index is 1.93. The molecule has 2 aliphatic carbocycles. The van der Waals surface area contributed by atoms with Crippen molar-refractivity contribution in [1.82, 2.24) is 0 Å². The molecular weight excluding hydrogens is 232 g/mol. The van der Waals surface area contributed by atoms with Gasteiger partial charge in [0.15, 0.2) is 5.78 Å². The molecule has 2 unspecified atom stereocenters. The van der Waals surface area contributed by atoms with Crippen LogP contribution in [-0.2, 0) is 0 Å². The Morgan fingerprint density at radius 2 is 1.89 bits per heavy atom. The normalized spacial score (nSPS) is 33.8. The van der Waals surface area contributed by atoms with Gasteiger partial charge in [-0.25, -0.2) is 0 Å². The van der Waals surface area contributed by atoms with Gasteiger partial charge in [0, 0.05) is 5.56 Å². The first-order chi connectivity index (χ1) is 8.95. The lowest BCUT2D eigenvalue weighted by Gasteiger charge is -2.35. The van der Waals surface area contributed by atoms with Crippen molar-refractivity contribution in [2.75, 3.05) is 0 Å². The maximum atomic E-state index is 12.4. The molecule has 0 saturated heterocycles. The summed E-state index contributed by atoms with van der Waals surface area (Å²) in [7, 11) is 0. The number of ketones is 1. The fraction of sp³-hybridized carbons (Fsp3) is 0.500. The number of allylic oxidation sites excluding steroid dienone is 2. The summed E-state index contributed by atoms with van der Waals surface area (Å²) in [6.45, 7) is 7.10. The van der Waals surface area contributed by atoms with Gasteiger partial charge in [0.25, 0.3) is 0 Å². The van der Waals surface area contributed by atoms with Gasteiger partial charge >= 0.3 is 0 Å². The molecule has 2 saturated carbocycles. The molecule has 100 valence electrons. The number of fused-ring (bicyclic) bond motifs is 2. The molecule has 2 atom stereocenters. The molecule has 1 aromatic rings. The zero-order valence-electron chi connectivity index (χ0n) is 12.1. The fourth-order valence-electron chi connectivity index (χ4n) is 4.08. The smallest absolute Gasteiger partial charge is 0.185 e. The Morgan fingerprint density at radius 3 is 2.42 bits per heavy atom. The van der Waals surface area contributed by atoms with Crippen molar-refractivity contribution in [2.24, 2.45) is 16.7 Å². The molecule has 0 amide bonds. The molecule has 1 heteroatoms. The van der Waals surface area contributed by atoms with Gasteiger partial charge in [0.05, 0.1) is 0 Å². The fourth-order valence-corrected chi connectivity index (χ4v) is 4.08. The molecule has 0 N–H and O–H groups in total. The van der Waals surface area contributed by atoms with Crippen molar-refractivity contribution in [3.8, 4) is 0 Å². The van der Waals surface area contributed by atoms with Gasteiger partial charge in [0.1, 0.15) is 0 Å². The first kappa shape index (κ1) is 12.7. The van der Waals surface area contributed by atoms with E-state index < -0.39 is 0 Å². The van der Waals surface area contributed by atoms with E-state index in [0.717, 1.165) is 17.9 Å². The van der Waals surface area contributed by atoms with E-state index in [2.05, 4.69) is 20.8 Å². The molecule has 0 heterocycles. The monoisotopic (exact) mass is 254 g/mol. The molecule has 19 heavy (non-hydrogen) atoms. The average molecular weight is 254 g/mol. The summed E-state index contributed by atoms with van der Waals surface area (Å²) in [4.78, 5) is 12.4. The standard InChI is InChI=1S/C18H22O/c1-17(2)14-9-10-18(17,3)15(11-14)12-16(19)13-7-5-4-6-8-13/h4-8,12,14H,9-11H2,1-3H3. The van der Waals surface area contributed by atoms with Gasteiger partial charge < -0.3 is 0 Å². The van der Waals surface area contributed by atoms with Crippen molar-refractivity contribution in [3.63, 3.8) is 0 Å². The second-order valence-corrected chi connectivity index (χ2v) is 6.89. The summed E-state index contributed by atoms with van der Waals surface area (Å²) in [6, 6.07) is 9.61. The first-order valence-electron chi connectivity index (χ1n) is 7.25. The zero-order valence-corrected chi connectivity index (χ0v) is 12.1. The number of hydrogen-bond donors (Lipinski definition) is 0. The summed E-state index contributed by atoms with van der Waals surface area (Å²) in [6.07, 6.45) is 5.59. The van der Waals surface area contributed by atoms with Gasteiger partial charge in [-0.3, -0.25) is 4.79 Å². The van der Waals surface area contributed by atoms with Crippen LogP contribution < -0.4 is 0 Å². The highest BCUT2D eigenvalue weighted by atomic mass is 16.1. The molecule has 2 bridgehead atoms. The summed E-state index contributed by atoms with van der Waals surface area (Å²) >= 11 is 0. The third-order valence-corrected chi connectivity index (χ3v) is 5.97. The van der Waals surface area contributed by atoms with Crippen LogP contribution in [0.15, 0.2) is 42.0 Å². The van der Waals surface area contributed by atoms with E-state index in [0.29, 0.717) is 5.41 Å². The van der Waals surface area contributed by atoms with Gasteiger partial charge in [0.2, 0.25) is 0 Å². The van der Waals surface area contributed by atoms with E-state index in [9.17, 15) is 4.79 Å². The summed E-state index contributed by atoms with van der Waals surface area (Å²) < 4.78 is 0. The average Bonchev–Trinajstić information content (AvgIpc) is 2.73. The Morgan fingerprint density at radius 1 is 1.21 bits per heavy atom. The first-order valence-corrected chi connectivity index (χ1v) is 7.25. The quantitative estimate of drug-likeness (QED) is 0.555. The molecule has 1 nitrogen and oxygen atoms in total. The topological polar surface area (TPSA) is 17.1 Å². The zero-order chi connectivity index (χ0) is 13.7. The highest BCUT2D eigenvalue weighted by molar-refractivity contribution is 6.05. The van der Waals surface area contributed by atoms with E-state index in [1.807, 2.05) is 36.4 Å². The maximum absolute atomic E-state index is 12.4.